The van der Waals surface area contributed by atoms with E-state index in [4.69, 9.17) is 28.0 Å². The van der Waals surface area contributed by atoms with Crippen LogP contribution >= 0.6 is 0 Å². The zero-order valence-electron chi connectivity index (χ0n) is 42.6. The standard InChI is InChI=1S/C49H72N16O10S/c1-28(66)59-34(16-9-22-56-48(51)52)42(69)62-36-18-19-40(67)55-21-8-15-33(41(50)68)60-47(74)39(26-30-27-58-32-14-7-6-13-31(30)32)65-43(70)35(17-10-23-57-49(53)54)61-46(73)38(25-29-11-4-3-5-12-29)64-45(72)37(63-44(36)71)20-24-76(2)75/h3-7,11-14,27,33-39,58H,8-10,15-26H2,1-2H3,(H2,50,68)(H,55,67)(H,59,66)(H,60,74)(H,61,73)(H,62,69)(H,63,71)(H,64,72)(H,65,70)(H4,51,52,56)(H4,53,54,57)/t33-,34-,35?,36-,37?,38+,39-,76?/m0/s1. The van der Waals surface area contributed by atoms with Crippen molar-refractivity contribution in [1.82, 2.24) is 58.2 Å². The molecule has 0 radical (unpaired) electrons. The second kappa shape index (κ2) is 31.1. The number of H-pyrrole nitrogens is 1. The number of aromatic nitrogens is 1. The Balaban J connectivity index is 1.78. The van der Waals surface area contributed by atoms with Crippen molar-refractivity contribution in [3.8, 4) is 0 Å². The average molecular weight is 1080 g/mol. The molecule has 3 unspecified atom stereocenters. The number of primary amides is 1. The molecule has 2 aromatic carbocycles. The first-order valence-electron chi connectivity index (χ1n) is 24.9. The van der Waals surface area contributed by atoms with Crippen molar-refractivity contribution in [3.05, 3.63) is 71.9 Å². The highest BCUT2D eigenvalue weighted by Gasteiger charge is 2.35. The van der Waals surface area contributed by atoms with Gasteiger partial charge in [-0.2, -0.15) is 0 Å². The summed E-state index contributed by atoms with van der Waals surface area (Å²) in [6, 6.07) is 6.17. The summed E-state index contributed by atoms with van der Waals surface area (Å²) in [5.41, 5.74) is 18.6. The van der Waals surface area contributed by atoms with Crippen molar-refractivity contribution < 1.29 is 47.7 Å². The maximum atomic E-state index is 14.6. The molecule has 0 aliphatic carbocycles. The van der Waals surface area contributed by atoms with Crippen LogP contribution in [0, 0.1) is 10.8 Å². The summed E-state index contributed by atoms with van der Waals surface area (Å²) < 4.78 is 12.5. The molecule has 1 aliphatic rings. The molecule has 0 bridgehead atoms. The van der Waals surface area contributed by atoms with Gasteiger partial charge in [0.15, 0.2) is 11.9 Å². The van der Waals surface area contributed by atoms with Crippen LogP contribution in [0.5, 0.6) is 0 Å². The number of carbonyl (C=O) groups is 9. The average Bonchev–Trinajstić information content (AvgIpc) is 3.78. The molecule has 9 amide bonds. The SMILES string of the molecule is CC(=O)N[C@@H](CCCNC(=N)N)C(=O)N[C@H]1CCC(=O)NCCC[C@@H](C(N)=O)NC(=O)[C@H](Cc2c[nH]c3ccccc23)NC(=O)C(CCCNC(=N)N)NC(=O)[C@@H](Cc2ccccc2)NC(=O)C(CC[S+](C)[O-])NC1=O. The molecule has 27 heteroatoms. The van der Waals surface area contributed by atoms with Crippen molar-refractivity contribution >= 4 is 87.2 Å². The van der Waals surface area contributed by atoms with Gasteiger partial charge < -0.3 is 79.9 Å². The molecule has 26 nitrogen and oxygen atoms in total. The molecular formula is C49H72N16O10S. The van der Waals surface area contributed by atoms with Crippen LogP contribution in [-0.2, 0) is 67.2 Å². The van der Waals surface area contributed by atoms with Gasteiger partial charge in [0, 0.05) is 69.3 Å². The number of hydrogen-bond acceptors (Lipinski definition) is 12. The van der Waals surface area contributed by atoms with E-state index in [1.54, 1.807) is 42.6 Å². The van der Waals surface area contributed by atoms with Gasteiger partial charge in [0.25, 0.3) is 0 Å². The molecule has 3 aromatic rings. The number of para-hydroxylation sites is 1. The highest BCUT2D eigenvalue weighted by molar-refractivity contribution is 7.90. The number of hydrogen-bond donors (Lipinski definition) is 16. The molecule has 8 atom stereocenters. The Labute approximate surface area is 443 Å². The van der Waals surface area contributed by atoms with Gasteiger partial charge in [0.05, 0.1) is 6.26 Å². The van der Waals surface area contributed by atoms with Crippen LogP contribution in [0.1, 0.15) is 75.8 Å². The summed E-state index contributed by atoms with van der Waals surface area (Å²) in [4.78, 5) is 128. The minimum Gasteiger partial charge on any atom is -0.617 e. The molecule has 4 rings (SSSR count). The summed E-state index contributed by atoms with van der Waals surface area (Å²) in [6.07, 6.45) is 2.34. The number of amides is 9. The van der Waals surface area contributed by atoms with Crippen molar-refractivity contribution in [2.24, 2.45) is 17.2 Å². The molecule has 2 heterocycles. The van der Waals surface area contributed by atoms with E-state index in [1.807, 2.05) is 18.2 Å². The Kier molecular flexibility index (Phi) is 24.8. The predicted octanol–water partition coefficient (Wildman–Crippen LogP) is -3.16. The van der Waals surface area contributed by atoms with E-state index >= 15 is 0 Å². The lowest BCUT2D eigenvalue weighted by molar-refractivity contribution is -0.136. The number of nitrogens with two attached hydrogens (primary N) is 3. The Hall–Kier alpha value is -7.94. The molecule has 1 aromatic heterocycles. The zero-order valence-corrected chi connectivity index (χ0v) is 43.5. The molecule has 414 valence electrons. The third-order valence-electron chi connectivity index (χ3n) is 12.2. The lowest BCUT2D eigenvalue weighted by Gasteiger charge is -2.28. The monoisotopic (exact) mass is 1080 g/mol. The van der Waals surface area contributed by atoms with Crippen molar-refractivity contribution in [2.75, 3.05) is 31.6 Å². The van der Waals surface area contributed by atoms with Crippen molar-refractivity contribution in [1.29, 1.82) is 10.8 Å². The van der Waals surface area contributed by atoms with Gasteiger partial charge in [-0.25, -0.2) is 0 Å². The van der Waals surface area contributed by atoms with Crippen LogP contribution in [0.15, 0.2) is 60.8 Å². The first-order chi connectivity index (χ1) is 36.2. The third-order valence-corrected chi connectivity index (χ3v) is 13.0. The lowest BCUT2D eigenvalue weighted by atomic mass is 10.0. The van der Waals surface area contributed by atoms with E-state index in [-0.39, 0.29) is 108 Å². The van der Waals surface area contributed by atoms with Crippen LogP contribution in [0.25, 0.3) is 10.9 Å². The fourth-order valence-electron chi connectivity index (χ4n) is 8.27. The number of aromatic amines is 1. The molecular weight excluding hydrogens is 1000 g/mol. The van der Waals surface area contributed by atoms with Crippen LogP contribution < -0.4 is 70.4 Å². The fourth-order valence-corrected chi connectivity index (χ4v) is 8.84. The van der Waals surface area contributed by atoms with Crippen molar-refractivity contribution in [2.45, 2.75) is 120 Å². The maximum Gasteiger partial charge on any atom is 0.243 e. The van der Waals surface area contributed by atoms with Crippen LogP contribution in [0.2, 0.25) is 0 Å². The number of carbonyl (C=O) groups excluding carboxylic acids is 9. The maximum absolute atomic E-state index is 14.6. The van der Waals surface area contributed by atoms with Gasteiger partial charge in [0.1, 0.15) is 48.0 Å². The van der Waals surface area contributed by atoms with Crippen LogP contribution in [0.4, 0.5) is 0 Å². The Morgan fingerprint density at radius 1 is 0.737 bits per heavy atom. The van der Waals surface area contributed by atoms with E-state index in [1.165, 1.54) is 13.2 Å². The summed E-state index contributed by atoms with van der Waals surface area (Å²) in [6.45, 7) is 1.44. The molecule has 76 heavy (non-hydrogen) atoms. The van der Waals surface area contributed by atoms with E-state index < -0.39 is 107 Å². The van der Waals surface area contributed by atoms with Gasteiger partial charge in [-0.05, 0) is 62.1 Å². The molecule has 0 saturated carbocycles. The third kappa shape index (κ3) is 21.1. The number of guanidine groups is 2. The van der Waals surface area contributed by atoms with Gasteiger partial charge in [0.2, 0.25) is 53.2 Å². The Morgan fingerprint density at radius 2 is 1.32 bits per heavy atom. The molecule has 1 aliphatic heterocycles. The molecule has 19 N–H and O–H groups in total. The smallest absolute Gasteiger partial charge is 0.243 e. The van der Waals surface area contributed by atoms with Crippen molar-refractivity contribution in [3.63, 3.8) is 0 Å². The van der Waals surface area contributed by atoms with Gasteiger partial charge in [-0.15, -0.1) is 0 Å². The van der Waals surface area contributed by atoms with Gasteiger partial charge in [-0.1, -0.05) is 59.7 Å². The van der Waals surface area contributed by atoms with Crippen LogP contribution in [-0.4, -0.2) is 149 Å². The summed E-state index contributed by atoms with van der Waals surface area (Å²) in [5.74, 6) is -7.95. The van der Waals surface area contributed by atoms with E-state index in [9.17, 15) is 47.7 Å². The number of rotatable bonds is 19. The molecule has 1 fully saturated rings. The highest BCUT2D eigenvalue weighted by atomic mass is 32.2. The fraction of sp³-hybridized carbons (Fsp3) is 0.490. The van der Waals surface area contributed by atoms with E-state index in [0.29, 0.717) is 11.1 Å². The normalized spacial score (nSPS) is 21.4. The Bertz CT molecular complexity index is 2510. The molecule has 1 saturated heterocycles. The first-order valence-corrected chi connectivity index (χ1v) is 26.6. The lowest BCUT2D eigenvalue weighted by Crippen LogP contribution is -2.60. The number of nitrogens with one attached hydrogen (secondary N) is 13. The van der Waals surface area contributed by atoms with Crippen LogP contribution in [0.3, 0.4) is 0 Å². The van der Waals surface area contributed by atoms with Gasteiger partial charge >= 0.3 is 0 Å². The zero-order chi connectivity index (χ0) is 55.7. The topological polar surface area (TPSA) is 439 Å². The minimum atomic E-state index is -1.51. The Morgan fingerprint density at radius 3 is 1.96 bits per heavy atom. The summed E-state index contributed by atoms with van der Waals surface area (Å²) >= 11 is -1.50. The highest BCUT2D eigenvalue weighted by Crippen LogP contribution is 2.20. The van der Waals surface area contributed by atoms with E-state index in [2.05, 4.69) is 58.2 Å². The quantitative estimate of drug-likeness (QED) is 0.0244. The van der Waals surface area contributed by atoms with Gasteiger partial charge in [-0.3, -0.25) is 54.0 Å². The summed E-state index contributed by atoms with van der Waals surface area (Å²) in [7, 11) is 0. The number of fused-ring (bicyclic) bond motifs is 1. The van der Waals surface area contributed by atoms with E-state index in [0.717, 1.165) is 10.9 Å². The minimum absolute atomic E-state index is 0.0312. The second-order valence-electron chi connectivity index (χ2n) is 18.3. The number of benzene rings is 2. The largest absolute Gasteiger partial charge is 0.617 e. The second-order valence-corrected chi connectivity index (χ2v) is 19.9. The predicted molar refractivity (Wildman–Crippen MR) is 284 cm³/mol. The summed E-state index contributed by atoms with van der Waals surface area (Å²) in [5, 5.41) is 42.3. The molecule has 0 spiro atoms. The first kappa shape index (κ1) is 60.6.